The first-order chi connectivity index (χ1) is 13.4. The van der Waals surface area contributed by atoms with E-state index in [1.54, 1.807) is 0 Å². The van der Waals surface area contributed by atoms with E-state index >= 15 is 0 Å². The van der Waals surface area contributed by atoms with E-state index in [1.807, 2.05) is 0 Å². The van der Waals surface area contributed by atoms with Crippen LogP contribution in [0, 0.1) is 34.6 Å². The van der Waals surface area contributed by atoms with E-state index in [1.165, 1.54) is 44.5 Å². The maximum atomic E-state index is 2.39. The minimum Gasteiger partial charge on any atom is -0.0639 e. The van der Waals surface area contributed by atoms with Crippen molar-refractivity contribution < 1.29 is 0 Å². The summed E-state index contributed by atoms with van der Waals surface area (Å²) in [5.74, 6) is 0. The molecule has 0 amide bonds. The number of hydrogen-bond donors (Lipinski definition) is 0. The Morgan fingerprint density at radius 2 is 1.14 bits per heavy atom. The van der Waals surface area contributed by atoms with Gasteiger partial charge in [-0.2, -0.15) is 0 Å². The first-order valence-electron chi connectivity index (χ1n) is 9.75. The standard InChI is InChI=1S/C26H30.I2/c1-7-26(23-13-9-18(2)10-14-23,24-15-11-19(3)16-22(24)6)25-17-20(4)8-12-21(25)5;1-2/h8-17H,7H2,1-6H3;. The van der Waals surface area contributed by atoms with Gasteiger partial charge in [-0.3, -0.25) is 0 Å². The lowest BCUT2D eigenvalue weighted by Crippen LogP contribution is -2.30. The number of halogens is 2. The van der Waals surface area contributed by atoms with Crippen molar-refractivity contribution in [2.45, 2.75) is 53.4 Å². The van der Waals surface area contributed by atoms with E-state index in [4.69, 9.17) is 0 Å². The second-order valence-corrected chi connectivity index (χ2v) is 7.76. The average molecular weight is 596 g/mol. The Morgan fingerprint density at radius 1 is 0.607 bits per heavy atom. The summed E-state index contributed by atoms with van der Waals surface area (Å²) in [4.78, 5) is 0. The summed E-state index contributed by atoms with van der Waals surface area (Å²) in [6, 6.07) is 22.9. The minimum atomic E-state index is -0.123. The Labute approximate surface area is 194 Å². The average Bonchev–Trinajstić information content (AvgIpc) is 2.69. The molecule has 0 aliphatic heterocycles. The van der Waals surface area contributed by atoms with Gasteiger partial charge >= 0.3 is 0 Å². The van der Waals surface area contributed by atoms with Crippen LogP contribution in [0.1, 0.15) is 57.9 Å². The zero-order chi connectivity index (χ0) is 20.9. The van der Waals surface area contributed by atoms with Gasteiger partial charge in [0.05, 0.1) is 0 Å². The van der Waals surface area contributed by atoms with Crippen LogP contribution in [-0.2, 0) is 5.41 Å². The van der Waals surface area contributed by atoms with Crippen LogP contribution >= 0.6 is 37.2 Å². The fraction of sp³-hybridized carbons (Fsp3) is 0.308. The molecular weight excluding hydrogens is 566 g/mol. The molecule has 3 rings (SSSR count). The molecule has 0 fully saturated rings. The van der Waals surface area contributed by atoms with Gasteiger partial charge in [-0.1, -0.05) is 84.3 Å². The van der Waals surface area contributed by atoms with Gasteiger partial charge in [-0.25, -0.2) is 0 Å². The minimum absolute atomic E-state index is 0.123. The highest BCUT2D eigenvalue weighted by Crippen LogP contribution is 2.45. The van der Waals surface area contributed by atoms with Gasteiger partial charge in [0.25, 0.3) is 0 Å². The number of rotatable bonds is 4. The molecule has 0 bridgehead atoms. The molecule has 0 radical (unpaired) electrons. The number of hydrogen-bond acceptors (Lipinski definition) is 0. The van der Waals surface area contributed by atoms with Crippen molar-refractivity contribution >= 4 is 37.2 Å². The van der Waals surface area contributed by atoms with Crippen molar-refractivity contribution in [3.63, 3.8) is 0 Å². The Morgan fingerprint density at radius 3 is 1.71 bits per heavy atom. The normalized spacial score (nSPS) is 12.7. The lowest BCUT2D eigenvalue weighted by molar-refractivity contribution is 0.585. The van der Waals surface area contributed by atoms with Gasteiger partial charge in [-0.15, -0.1) is 0 Å². The van der Waals surface area contributed by atoms with Crippen LogP contribution < -0.4 is 0 Å². The summed E-state index contributed by atoms with van der Waals surface area (Å²) in [5.41, 5.74) is 10.8. The van der Waals surface area contributed by atoms with Crippen LogP contribution in [0.3, 0.4) is 0 Å². The van der Waals surface area contributed by atoms with E-state index in [2.05, 4.69) is 139 Å². The summed E-state index contributed by atoms with van der Waals surface area (Å²) in [6.07, 6.45) is 1.03. The molecule has 0 nitrogen and oxygen atoms in total. The molecule has 0 N–H and O–H groups in total. The largest absolute Gasteiger partial charge is 0.0639 e. The van der Waals surface area contributed by atoms with Gasteiger partial charge in [0, 0.05) is 42.6 Å². The molecular formula is C26H30I2. The van der Waals surface area contributed by atoms with Crippen LogP contribution in [0.2, 0.25) is 0 Å². The van der Waals surface area contributed by atoms with Crippen LogP contribution in [0.25, 0.3) is 0 Å². The van der Waals surface area contributed by atoms with E-state index in [-0.39, 0.29) is 5.41 Å². The number of benzene rings is 3. The predicted molar refractivity (Wildman–Crippen MR) is 141 cm³/mol. The molecule has 3 aromatic carbocycles. The highest BCUT2D eigenvalue weighted by Gasteiger charge is 2.36. The van der Waals surface area contributed by atoms with Crippen molar-refractivity contribution in [1.82, 2.24) is 0 Å². The monoisotopic (exact) mass is 596 g/mol. The first kappa shape index (κ1) is 23.4. The molecule has 1 unspecified atom stereocenters. The smallest absolute Gasteiger partial charge is 0.0454 e. The Kier molecular flexibility index (Phi) is 8.56. The summed E-state index contributed by atoms with van der Waals surface area (Å²) in [5, 5.41) is 0. The molecule has 28 heavy (non-hydrogen) atoms. The maximum Gasteiger partial charge on any atom is 0.0454 e. The molecule has 0 aliphatic carbocycles. The van der Waals surface area contributed by atoms with Crippen LogP contribution in [0.5, 0.6) is 0 Å². The zero-order valence-electron chi connectivity index (χ0n) is 17.7. The molecule has 2 heteroatoms. The summed E-state index contributed by atoms with van der Waals surface area (Å²) >= 11 is 4.24. The predicted octanol–water partition coefficient (Wildman–Crippen LogP) is 8.74. The molecule has 0 aliphatic rings. The molecule has 148 valence electrons. The second kappa shape index (κ2) is 10.2. The molecule has 0 heterocycles. The molecule has 0 saturated carbocycles. The first-order valence-corrected chi connectivity index (χ1v) is 16.0. The fourth-order valence-corrected chi connectivity index (χ4v) is 4.37. The van der Waals surface area contributed by atoms with Gasteiger partial charge in [0.1, 0.15) is 0 Å². The fourth-order valence-electron chi connectivity index (χ4n) is 4.37. The molecule has 1 atom stereocenters. The third kappa shape index (κ3) is 4.64. The van der Waals surface area contributed by atoms with Crippen molar-refractivity contribution in [2.75, 3.05) is 0 Å². The lowest BCUT2D eigenvalue weighted by Gasteiger charge is -2.38. The lowest BCUT2D eigenvalue weighted by atomic mass is 9.65. The molecule has 0 spiro atoms. The maximum absolute atomic E-state index is 2.39. The second-order valence-electron chi connectivity index (χ2n) is 7.76. The van der Waals surface area contributed by atoms with Crippen LogP contribution in [0.15, 0.2) is 60.7 Å². The van der Waals surface area contributed by atoms with E-state index in [0.29, 0.717) is 0 Å². The van der Waals surface area contributed by atoms with Gasteiger partial charge < -0.3 is 0 Å². The quantitative estimate of drug-likeness (QED) is 0.209. The third-order valence-electron chi connectivity index (χ3n) is 5.77. The van der Waals surface area contributed by atoms with Crippen LogP contribution in [0.4, 0.5) is 0 Å². The molecule has 0 saturated heterocycles. The molecule has 3 aromatic rings. The zero-order valence-corrected chi connectivity index (χ0v) is 22.1. The van der Waals surface area contributed by atoms with E-state index in [9.17, 15) is 0 Å². The highest BCUT2D eigenvalue weighted by molar-refractivity contribution is 15.0. The van der Waals surface area contributed by atoms with Crippen molar-refractivity contribution in [1.29, 1.82) is 0 Å². The summed E-state index contributed by atoms with van der Waals surface area (Å²) < 4.78 is 0. The van der Waals surface area contributed by atoms with Gasteiger partial charge in [0.15, 0.2) is 0 Å². The number of aryl methyl sites for hydroxylation is 5. The Balaban J connectivity index is 0.00000136. The van der Waals surface area contributed by atoms with Crippen molar-refractivity contribution in [3.8, 4) is 0 Å². The Bertz CT molecular complexity index is 926. The van der Waals surface area contributed by atoms with Crippen molar-refractivity contribution in [3.05, 3.63) is 105 Å². The topological polar surface area (TPSA) is 0 Å². The summed E-state index contributed by atoms with van der Waals surface area (Å²) in [6.45, 7) is 13.4. The third-order valence-corrected chi connectivity index (χ3v) is 5.77. The Hall–Kier alpha value is -0.880. The summed E-state index contributed by atoms with van der Waals surface area (Å²) in [7, 11) is 0. The SMILES string of the molecule is CCC(c1ccc(C)cc1)(c1ccc(C)cc1C)c1cc(C)ccc1C.II. The highest BCUT2D eigenvalue weighted by atomic mass is 128. The van der Waals surface area contributed by atoms with Gasteiger partial charge in [-0.05, 0) is 68.9 Å². The van der Waals surface area contributed by atoms with Crippen LogP contribution in [-0.4, -0.2) is 0 Å². The van der Waals surface area contributed by atoms with E-state index in [0.717, 1.165) is 6.42 Å². The van der Waals surface area contributed by atoms with Gasteiger partial charge in [0.2, 0.25) is 0 Å². The molecule has 0 aromatic heterocycles. The van der Waals surface area contributed by atoms with E-state index < -0.39 is 0 Å². The van der Waals surface area contributed by atoms with Crippen molar-refractivity contribution in [2.24, 2.45) is 0 Å².